The SMILES string of the molecule is CC(C)(CO)Nc1ncc2cc(-c3ccccc3Cl)c(=O)n(N)c2n1. The fourth-order valence-electron chi connectivity index (χ4n) is 2.40. The number of pyridine rings is 1. The summed E-state index contributed by atoms with van der Waals surface area (Å²) in [6.45, 7) is 3.50. The fourth-order valence-corrected chi connectivity index (χ4v) is 2.63. The Hall–Kier alpha value is -2.64. The smallest absolute Gasteiger partial charge is 0.278 e. The first-order valence-electron chi connectivity index (χ1n) is 7.64. The van der Waals surface area contributed by atoms with E-state index >= 15 is 0 Å². The highest BCUT2D eigenvalue weighted by molar-refractivity contribution is 6.33. The Balaban J connectivity index is 2.16. The van der Waals surface area contributed by atoms with Crippen molar-refractivity contribution in [2.24, 2.45) is 0 Å². The molecule has 0 amide bonds. The Morgan fingerprint density at radius 1 is 1.32 bits per heavy atom. The Labute approximate surface area is 149 Å². The summed E-state index contributed by atoms with van der Waals surface area (Å²) >= 11 is 6.19. The topological polar surface area (TPSA) is 106 Å². The molecule has 1 aromatic carbocycles. The van der Waals surface area contributed by atoms with Crippen molar-refractivity contribution in [3.8, 4) is 11.1 Å². The third-order valence-electron chi connectivity index (χ3n) is 3.78. The van der Waals surface area contributed by atoms with E-state index in [2.05, 4.69) is 15.3 Å². The van der Waals surface area contributed by atoms with Gasteiger partial charge in [0.15, 0.2) is 5.65 Å². The van der Waals surface area contributed by atoms with E-state index < -0.39 is 11.1 Å². The molecule has 8 heteroatoms. The maximum Gasteiger partial charge on any atom is 0.278 e. The first-order chi connectivity index (χ1) is 11.8. The Kier molecular flexibility index (Phi) is 4.36. The molecule has 0 unspecified atom stereocenters. The second-order valence-corrected chi connectivity index (χ2v) is 6.76. The van der Waals surface area contributed by atoms with E-state index in [0.29, 0.717) is 21.5 Å². The van der Waals surface area contributed by atoms with E-state index in [0.717, 1.165) is 4.68 Å². The molecular formula is C17H18ClN5O2. The number of benzene rings is 1. The number of anilines is 1. The quantitative estimate of drug-likeness (QED) is 0.615. The third-order valence-corrected chi connectivity index (χ3v) is 4.11. The molecule has 0 radical (unpaired) electrons. The zero-order chi connectivity index (χ0) is 18.2. The number of nitrogens with one attached hydrogen (secondary N) is 1. The normalized spacial score (nSPS) is 11.7. The highest BCUT2D eigenvalue weighted by atomic mass is 35.5. The summed E-state index contributed by atoms with van der Waals surface area (Å²) in [4.78, 5) is 21.2. The van der Waals surface area contributed by atoms with E-state index in [1.807, 2.05) is 0 Å². The van der Waals surface area contributed by atoms with Crippen LogP contribution < -0.4 is 16.7 Å². The number of aromatic nitrogens is 3. The standard InChI is InChI=1S/C17H18ClN5O2/c1-17(2,9-24)22-16-20-8-10-7-12(11-5-3-4-6-13(11)18)15(25)23(19)14(10)21-16/h3-8,24H,9,19H2,1-2H3,(H,20,21,22). The number of rotatable bonds is 4. The summed E-state index contributed by atoms with van der Waals surface area (Å²) in [5.41, 5.74) is 0.239. The predicted molar refractivity (Wildman–Crippen MR) is 99.2 cm³/mol. The first kappa shape index (κ1) is 17.2. The lowest BCUT2D eigenvalue weighted by molar-refractivity contribution is 0.233. The van der Waals surface area contributed by atoms with Gasteiger partial charge < -0.3 is 16.3 Å². The molecule has 0 saturated carbocycles. The Bertz CT molecular complexity index is 1000. The maximum absolute atomic E-state index is 12.6. The van der Waals surface area contributed by atoms with Gasteiger partial charge in [-0.3, -0.25) is 4.79 Å². The molecule has 0 aliphatic carbocycles. The van der Waals surface area contributed by atoms with Crippen molar-refractivity contribution < 1.29 is 5.11 Å². The number of hydrogen-bond acceptors (Lipinski definition) is 6. The molecule has 0 saturated heterocycles. The van der Waals surface area contributed by atoms with Gasteiger partial charge in [0.25, 0.3) is 5.56 Å². The summed E-state index contributed by atoms with van der Waals surface area (Å²) in [6, 6.07) is 8.72. The highest BCUT2D eigenvalue weighted by Crippen LogP contribution is 2.26. The van der Waals surface area contributed by atoms with E-state index in [1.165, 1.54) is 0 Å². The zero-order valence-electron chi connectivity index (χ0n) is 13.8. The largest absolute Gasteiger partial charge is 0.394 e. The van der Waals surface area contributed by atoms with Crippen molar-refractivity contribution in [2.45, 2.75) is 19.4 Å². The summed E-state index contributed by atoms with van der Waals surface area (Å²) in [5.74, 6) is 6.24. The molecule has 3 rings (SSSR count). The molecule has 2 heterocycles. The van der Waals surface area contributed by atoms with Gasteiger partial charge in [-0.25, -0.2) is 9.66 Å². The van der Waals surface area contributed by atoms with Crippen LogP contribution in [-0.4, -0.2) is 31.9 Å². The maximum atomic E-state index is 12.6. The van der Waals surface area contributed by atoms with Crippen LogP contribution in [0.15, 0.2) is 41.3 Å². The monoisotopic (exact) mass is 359 g/mol. The molecule has 3 aromatic rings. The van der Waals surface area contributed by atoms with Crippen molar-refractivity contribution >= 4 is 28.6 Å². The molecule has 130 valence electrons. The summed E-state index contributed by atoms with van der Waals surface area (Å²) in [7, 11) is 0. The minimum atomic E-state index is -0.606. The van der Waals surface area contributed by atoms with Crippen LogP contribution in [0.1, 0.15) is 13.8 Å². The number of hydrogen-bond donors (Lipinski definition) is 3. The lowest BCUT2D eigenvalue weighted by Gasteiger charge is -2.23. The molecule has 4 N–H and O–H groups in total. The van der Waals surface area contributed by atoms with Gasteiger partial charge in [-0.05, 0) is 26.0 Å². The Morgan fingerprint density at radius 3 is 2.72 bits per heavy atom. The van der Waals surface area contributed by atoms with Gasteiger partial charge in [0.1, 0.15) is 0 Å². The van der Waals surface area contributed by atoms with Gasteiger partial charge in [0.2, 0.25) is 5.95 Å². The molecule has 0 spiro atoms. The summed E-state index contributed by atoms with van der Waals surface area (Å²) in [5, 5.41) is 13.4. The number of aliphatic hydroxyl groups is 1. The van der Waals surface area contributed by atoms with Gasteiger partial charge in [-0.2, -0.15) is 4.98 Å². The average Bonchev–Trinajstić information content (AvgIpc) is 2.59. The van der Waals surface area contributed by atoms with Crippen molar-refractivity contribution in [1.29, 1.82) is 0 Å². The summed E-state index contributed by atoms with van der Waals surface area (Å²) in [6.07, 6.45) is 1.57. The van der Waals surface area contributed by atoms with E-state index in [9.17, 15) is 9.90 Å². The molecule has 2 aromatic heterocycles. The van der Waals surface area contributed by atoms with Crippen LogP contribution in [0, 0.1) is 0 Å². The molecule has 0 aliphatic rings. The van der Waals surface area contributed by atoms with Gasteiger partial charge in [-0.15, -0.1) is 0 Å². The first-order valence-corrected chi connectivity index (χ1v) is 8.02. The van der Waals surface area contributed by atoms with Gasteiger partial charge >= 0.3 is 0 Å². The zero-order valence-corrected chi connectivity index (χ0v) is 14.6. The van der Waals surface area contributed by atoms with E-state index in [-0.39, 0.29) is 18.2 Å². The predicted octanol–water partition coefficient (Wildman–Crippen LogP) is 2.01. The van der Waals surface area contributed by atoms with Crippen LogP contribution >= 0.6 is 11.6 Å². The van der Waals surface area contributed by atoms with Crippen LogP contribution in [0.2, 0.25) is 5.02 Å². The molecule has 7 nitrogen and oxygen atoms in total. The number of aliphatic hydroxyl groups excluding tert-OH is 1. The molecule has 0 aliphatic heterocycles. The number of nitrogens with zero attached hydrogens (tertiary/aromatic N) is 3. The van der Waals surface area contributed by atoms with E-state index in [4.69, 9.17) is 17.4 Å². The van der Waals surface area contributed by atoms with Crippen LogP contribution in [-0.2, 0) is 0 Å². The van der Waals surface area contributed by atoms with Gasteiger partial charge in [-0.1, -0.05) is 29.8 Å². The number of nitrogen functional groups attached to an aromatic ring is 1. The van der Waals surface area contributed by atoms with Crippen LogP contribution in [0.4, 0.5) is 5.95 Å². The number of fused-ring (bicyclic) bond motifs is 1. The average molecular weight is 360 g/mol. The number of halogens is 1. The minimum absolute atomic E-state index is 0.102. The van der Waals surface area contributed by atoms with Crippen molar-refractivity contribution in [2.75, 3.05) is 17.8 Å². The van der Waals surface area contributed by atoms with Crippen molar-refractivity contribution in [3.63, 3.8) is 0 Å². The van der Waals surface area contributed by atoms with Crippen molar-refractivity contribution in [3.05, 3.63) is 51.9 Å². The van der Waals surface area contributed by atoms with Crippen LogP contribution in [0.3, 0.4) is 0 Å². The van der Waals surface area contributed by atoms with Gasteiger partial charge in [0.05, 0.1) is 17.7 Å². The van der Waals surface area contributed by atoms with Gasteiger partial charge in [0, 0.05) is 22.2 Å². The second kappa shape index (κ2) is 6.34. The molecular weight excluding hydrogens is 342 g/mol. The lowest BCUT2D eigenvalue weighted by Crippen LogP contribution is -2.36. The molecule has 0 fully saturated rings. The Morgan fingerprint density at radius 2 is 2.04 bits per heavy atom. The number of nitrogens with two attached hydrogens (primary N) is 1. The van der Waals surface area contributed by atoms with E-state index in [1.54, 1.807) is 50.4 Å². The second-order valence-electron chi connectivity index (χ2n) is 6.35. The summed E-state index contributed by atoms with van der Waals surface area (Å²) < 4.78 is 0.979. The third kappa shape index (κ3) is 3.29. The highest BCUT2D eigenvalue weighted by Gasteiger charge is 2.19. The van der Waals surface area contributed by atoms with Crippen LogP contribution in [0.25, 0.3) is 22.2 Å². The molecule has 25 heavy (non-hydrogen) atoms. The molecule has 0 atom stereocenters. The minimum Gasteiger partial charge on any atom is -0.394 e. The van der Waals surface area contributed by atoms with Crippen LogP contribution in [0.5, 0.6) is 0 Å². The fraction of sp³-hybridized carbons (Fsp3) is 0.235. The van der Waals surface area contributed by atoms with Crippen molar-refractivity contribution in [1.82, 2.24) is 14.6 Å². The molecule has 0 bridgehead atoms. The lowest BCUT2D eigenvalue weighted by atomic mass is 10.1.